The van der Waals surface area contributed by atoms with Gasteiger partial charge in [0.15, 0.2) is 5.65 Å². The highest BCUT2D eigenvalue weighted by Gasteiger charge is 2.18. The summed E-state index contributed by atoms with van der Waals surface area (Å²) in [6, 6.07) is 0. The van der Waals surface area contributed by atoms with E-state index in [0.717, 1.165) is 12.8 Å². The van der Waals surface area contributed by atoms with Crippen LogP contribution in [0.3, 0.4) is 0 Å². The molecule has 2 heterocycles. The summed E-state index contributed by atoms with van der Waals surface area (Å²) in [5, 5.41) is 10.5. The Hall–Kier alpha value is -2.05. The van der Waals surface area contributed by atoms with Crippen molar-refractivity contribution in [2.45, 2.75) is 46.7 Å². The van der Waals surface area contributed by atoms with Crippen molar-refractivity contribution in [3.63, 3.8) is 0 Å². The maximum absolute atomic E-state index is 12.5. The van der Waals surface area contributed by atoms with E-state index < -0.39 is 0 Å². The van der Waals surface area contributed by atoms with Gasteiger partial charge in [-0.3, -0.25) is 19.0 Å². The number of hydrogen-bond donors (Lipinski definition) is 2. The molecule has 0 aromatic carbocycles. The molecule has 0 unspecified atom stereocenters. The van der Waals surface area contributed by atoms with E-state index in [1.807, 2.05) is 20.8 Å². The van der Waals surface area contributed by atoms with Gasteiger partial charge in [0.2, 0.25) is 0 Å². The lowest BCUT2D eigenvalue weighted by Gasteiger charge is -2.10. The van der Waals surface area contributed by atoms with Crippen LogP contribution in [0.2, 0.25) is 0 Å². The molecule has 2 rings (SSSR count). The van der Waals surface area contributed by atoms with Crippen LogP contribution in [0.25, 0.3) is 11.0 Å². The fourth-order valence-electron chi connectivity index (χ4n) is 2.34. The summed E-state index contributed by atoms with van der Waals surface area (Å²) in [6.07, 6.45) is 1.55. The first kappa shape index (κ1) is 14.4. The maximum Gasteiger partial charge on any atom is 0.332 e. The van der Waals surface area contributed by atoms with E-state index in [1.54, 1.807) is 4.57 Å². The number of nitrogens with zero attached hydrogens (tertiary/aromatic N) is 3. The van der Waals surface area contributed by atoms with Gasteiger partial charge in [-0.2, -0.15) is 5.10 Å². The molecule has 0 aliphatic carbocycles. The van der Waals surface area contributed by atoms with Crippen molar-refractivity contribution in [1.82, 2.24) is 19.3 Å². The number of hydrogen-bond acceptors (Lipinski definition) is 4. The second-order valence-corrected chi connectivity index (χ2v) is 4.72. The van der Waals surface area contributed by atoms with E-state index in [2.05, 4.69) is 15.5 Å². The van der Waals surface area contributed by atoms with E-state index in [0.29, 0.717) is 36.5 Å². The smallest absolute Gasteiger partial charge is 0.332 e. The Balaban J connectivity index is 2.82. The minimum absolute atomic E-state index is 0.274. The predicted molar refractivity (Wildman–Crippen MR) is 79.4 cm³/mol. The molecule has 0 amide bonds. The van der Waals surface area contributed by atoms with E-state index in [-0.39, 0.29) is 11.2 Å². The zero-order valence-corrected chi connectivity index (χ0v) is 12.2. The van der Waals surface area contributed by atoms with Gasteiger partial charge in [-0.1, -0.05) is 13.8 Å². The van der Waals surface area contributed by atoms with Gasteiger partial charge in [0.1, 0.15) is 11.2 Å². The summed E-state index contributed by atoms with van der Waals surface area (Å²) in [4.78, 5) is 24.9. The van der Waals surface area contributed by atoms with Gasteiger partial charge in [-0.05, 0) is 19.8 Å². The molecule has 7 nitrogen and oxygen atoms in total. The lowest BCUT2D eigenvalue weighted by Crippen LogP contribution is -2.40. The van der Waals surface area contributed by atoms with Crippen molar-refractivity contribution in [2.75, 3.05) is 11.9 Å². The van der Waals surface area contributed by atoms with Crippen LogP contribution in [-0.4, -0.2) is 25.9 Å². The molecular formula is C13H21N5O2. The highest BCUT2D eigenvalue weighted by atomic mass is 16.2. The molecule has 0 aliphatic heterocycles. The van der Waals surface area contributed by atoms with Gasteiger partial charge in [0.25, 0.3) is 5.56 Å². The zero-order valence-electron chi connectivity index (χ0n) is 12.2. The first-order valence-corrected chi connectivity index (χ1v) is 7.11. The average molecular weight is 279 g/mol. The minimum Gasteiger partial charge on any atom is -0.370 e. The van der Waals surface area contributed by atoms with E-state index in [9.17, 15) is 9.59 Å². The minimum atomic E-state index is -0.277. The fraction of sp³-hybridized carbons (Fsp3) is 0.615. The van der Waals surface area contributed by atoms with Gasteiger partial charge in [-0.25, -0.2) is 4.79 Å². The highest BCUT2D eigenvalue weighted by molar-refractivity contribution is 5.86. The predicted octanol–water partition coefficient (Wildman–Crippen LogP) is 1.14. The van der Waals surface area contributed by atoms with E-state index in [4.69, 9.17) is 0 Å². The summed E-state index contributed by atoms with van der Waals surface area (Å²) in [5.41, 5.74) is -0.116. The number of aromatic amines is 1. The van der Waals surface area contributed by atoms with Crippen LogP contribution in [0, 0.1) is 0 Å². The lowest BCUT2D eigenvalue weighted by molar-refractivity contribution is 0.555. The van der Waals surface area contributed by atoms with Crippen LogP contribution in [0.4, 0.5) is 5.82 Å². The second kappa shape index (κ2) is 5.94. The number of anilines is 1. The van der Waals surface area contributed by atoms with Crippen molar-refractivity contribution >= 4 is 16.9 Å². The van der Waals surface area contributed by atoms with Crippen molar-refractivity contribution in [1.29, 1.82) is 0 Å². The summed E-state index contributed by atoms with van der Waals surface area (Å²) >= 11 is 0. The number of fused-ring (bicyclic) bond motifs is 1. The first-order valence-electron chi connectivity index (χ1n) is 7.11. The number of rotatable bonds is 6. The van der Waals surface area contributed by atoms with Crippen LogP contribution in [-0.2, 0) is 13.1 Å². The van der Waals surface area contributed by atoms with Gasteiger partial charge in [0.05, 0.1) is 0 Å². The van der Waals surface area contributed by atoms with Gasteiger partial charge in [-0.15, -0.1) is 0 Å². The fourth-order valence-corrected chi connectivity index (χ4v) is 2.34. The molecule has 7 heteroatoms. The summed E-state index contributed by atoms with van der Waals surface area (Å²) in [7, 11) is 0. The number of H-pyrrole nitrogens is 1. The van der Waals surface area contributed by atoms with Gasteiger partial charge >= 0.3 is 5.69 Å². The molecule has 110 valence electrons. The Kier molecular flexibility index (Phi) is 4.26. The van der Waals surface area contributed by atoms with Crippen LogP contribution in [0.1, 0.15) is 33.6 Å². The Labute approximate surface area is 116 Å². The maximum atomic E-state index is 12.5. The SMILES string of the molecule is CCCn1c(=O)c2c(NCC)[nH]nc2n(CCC)c1=O. The molecule has 0 atom stereocenters. The molecule has 0 radical (unpaired) electrons. The average Bonchev–Trinajstić information content (AvgIpc) is 2.84. The van der Waals surface area contributed by atoms with Crippen molar-refractivity contribution in [3.05, 3.63) is 20.8 Å². The van der Waals surface area contributed by atoms with Crippen molar-refractivity contribution in [3.8, 4) is 0 Å². The third kappa shape index (κ3) is 2.23. The molecule has 2 aromatic heterocycles. The standard InChI is InChI=1S/C13H21N5O2/c1-4-7-17-11-9(10(14-6-3)15-16-11)12(19)18(8-5-2)13(17)20/h4-8H2,1-3H3,(H2,14,15,16). The molecule has 0 bridgehead atoms. The molecule has 2 N–H and O–H groups in total. The lowest BCUT2D eigenvalue weighted by atomic mass is 10.3. The van der Waals surface area contributed by atoms with Crippen LogP contribution >= 0.6 is 0 Å². The van der Waals surface area contributed by atoms with Gasteiger partial charge in [0, 0.05) is 19.6 Å². The van der Waals surface area contributed by atoms with E-state index >= 15 is 0 Å². The molecule has 0 fully saturated rings. The van der Waals surface area contributed by atoms with Crippen LogP contribution < -0.4 is 16.6 Å². The molecule has 2 aromatic rings. The number of aromatic nitrogens is 4. The van der Waals surface area contributed by atoms with Crippen LogP contribution in [0.15, 0.2) is 9.59 Å². The highest BCUT2D eigenvalue weighted by Crippen LogP contribution is 2.15. The topological polar surface area (TPSA) is 84.7 Å². The monoisotopic (exact) mass is 279 g/mol. The van der Waals surface area contributed by atoms with Crippen molar-refractivity contribution in [2.24, 2.45) is 0 Å². The quantitative estimate of drug-likeness (QED) is 0.830. The molecule has 0 saturated carbocycles. The Morgan fingerprint density at radius 1 is 1.10 bits per heavy atom. The molecule has 0 saturated heterocycles. The number of nitrogens with one attached hydrogen (secondary N) is 2. The number of aryl methyl sites for hydroxylation is 1. The van der Waals surface area contributed by atoms with Gasteiger partial charge < -0.3 is 5.32 Å². The van der Waals surface area contributed by atoms with Crippen molar-refractivity contribution < 1.29 is 0 Å². The largest absolute Gasteiger partial charge is 0.370 e. The Morgan fingerprint density at radius 3 is 2.35 bits per heavy atom. The molecular weight excluding hydrogens is 258 g/mol. The van der Waals surface area contributed by atoms with E-state index in [1.165, 1.54) is 4.57 Å². The summed E-state index contributed by atoms with van der Waals surface area (Å²) in [6.45, 7) is 7.53. The van der Waals surface area contributed by atoms with Crippen LogP contribution in [0.5, 0.6) is 0 Å². The summed E-state index contributed by atoms with van der Waals surface area (Å²) < 4.78 is 2.87. The summed E-state index contributed by atoms with van der Waals surface area (Å²) in [5.74, 6) is 0.585. The normalized spacial score (nSPS) is 11.2. The third-order valence-electron chi connectivity index (χ3n) is 3.17. The Morgan fingerprint density at radius 2 is 1.75 bits per heavy atom. The molecule has 20 heavy (non-hydrogen) atoms. The molecule has 0 aliphatic rings. The second-order valence-electron chi connectivity index (χ2n) is 4.72. The zero-order chi connectivity index (χ0) is 14.7. The molecule has 0 spiro atoms. The Bertz CT molecular complexity index is 710. The first-order chi connectivity index (χ1) is 9.65. The third-order valence-corrected chi connectivity index (χ3v) is 3.17.